The second-order valence-corrected chi connectivity index (χ2v) is 8.87. The lowest BCUT2D eigenvalue weighted by Crippen LogP contribution is -2.13. The van der Waals surface area contributed by atoms with Crippen LogP contribution < -0.4 is 15.4 Å². The Bertz CT molecular complexity index is 1530. The molecule has 1 heterocycles. The summed E-state index contributed by atoms with van der Waals surface area (Å²) < 4.78 is 5.88. The number of benzene rings is 4. The minimum Gasteiger partial charge on any atom is -0.496 e. The molecule has 0 radical (unpaired) electrons. The Morgan fingerprint density at radius 3 is 2.06 bits per heavy atom. The van der Waals surface area contributed by atoms with Crippen molar-refractivity contribution in [2.45, 2.75) is 0 Å². The van der Waals surface area contributed by atoms with Crippen LogP contribution in [0.3, 0.4) is 0 Å². The zero-order valence-electron chi connectivity index (χ0n) is 19.2. The third-order valence-corrected chi connectivity index (χ3v) is 6.24. The van der Waals surface area contributed by atoms with Gasteiger partial charge in [-0.05, 0) is 94.8 Å². The number of methoxy groups -OCH3 is 1. The highest BCUT2D eigenvalue weighted by Crippen LogP contribution is 2.26. The number of nitrogens with zero attached hydrogens (tertiary/aromatic N) is 1. The van der Waals surface area contributed by atoms with E-state index >= 15 is 0 Å². The Labute approximate surface area is 215 Å². The van der Waals surface area contributed by atoms with E-state index < -0.39 is 0 Å². The van der Waals surface area contributed by atoms with Gasteiger partial charge in [-0.1, -0.05) is 12.1 Å². The fourth-order valence-corrected chi connectivity index (χ4v) is 4.26. The fraction of sp³-hybridized carbons (Fsp3) is 0.0357. The lowest BCUT2D eigenvalue weighted by atomic mass is 10.1. The van der Waals surface area contributed by atoms with Crippen molar-refractivity contribution < 1.29 is 14.3 Å². The number of hydrogen-bond donors (Lipinski definition) is 3. The number of para-hydroxylation sites is 2. The molecule has 5 aromatic rings. The summed E-state index contributed by atoms with van der Waals surface area (Å²) in [6.45, 7) is 0. The van der Waals surface area contributed by atoms with Gasteiger partial charge in [0.1, 0.15) is 11.6 Å². The highest BCUT2D eigenvalue weighted by Gasteiger charge is 2.11. The largest absolute Gasteiger partial charge is 0.496 e. The van der Waals surface area contributed by atoms with E-state index in [0.29, 0.717) is 32.7 Å². The van der Waals surface area contributed by atoms with E-state index in [1.54, 1.807) is 49.6 Å². The van der Waals surface area contributed by atoms with Crippen LogP contribution in [0, 0.1) is 0 Å². The molecule has 4 aromatic carbocycles. The molecule has 1 aromatic heterocycles. The molecular formula is C28H21BrN4O3. The van der Waals surface area contributed by atoms with Gasteiger partial charge in [-0.3, -0.25) is 9.59 Å². The maximum atomic E-state index is 12.7. The Kier molecular flexibility index (Phi) is 6.51. The van der Waals surface area contributed by atoms with Crippen LogP contribution in [-0.4, -0.2) is 28.9 Å². The van der Waals surface area contributed by atoms with E-state index in [9.17, 15) is 9.59 Å². The molecule has 0 bridgehead atoms. The maximum absolute atomic E-state index is 12.7. The molecule has 8 heteroatoms. The van der Waals surface area contributed by atoms with Gasteiger partial charge in [-0.2, -0.15) is 0 Å². The SMILES string of the molecule is COc1ccc(C(=O)Nc2ccc(C(=O)Nc3ccc(-c4nc5ccccc5[nH]4)cc3)cc2)cc1Br. The zero-order chi connectivity index (χ0) is 25.1. The number of amides is 2. The predicted molar refractivity (Wildman–Crippen MR) is 145 cm³/mol. The summed E-state index contributed by atoms with van der Waals surface area (Å²) in [5.74, 6) is 0.906. The van der Waals surface area contributed by atoms with Crippen LogP contribution in [-0.2, 0) is 0 Å². The zero-order valence-corrected chi connectivity index (χ0v) is 20.8. The van der Waals surface area contributed by atoms with E-state index in [1.807, 2.05) is 48.5 Å². The van der Waals surface area contributed by atoms with Crippen molar-refractivity contribution >= 4 is 50.2 Å². The lowest BCUT2D eigenvalue weighted by molar-refractivity contribution is 0.102. The standard InChI is InChI=1S/C28H21BrN4O3/c1-36-25-15-10-19(16-22(25)29)28(35)31-21-13-8-18(9-14-21)27(34)30-20-11-6-17(7-12-20)26-32-23-4-2-3-5-24(23)33-26/h2-16H,1H3,(H,30,34)(H,31,35)(H,32,33). The summed E-state index contributed by atoms with van der Waals surface area (Å²) in [5.41, 5.74) is 5.01. The second kappa shape index (κ2) is 10.1. The summed E-state index contributed by atoms with van der Waals surface area (Å²) >= 11 is 3.38. The number of carbonyl (C=O) groups excluding carboxylic acids is 2. The average Bonchev–Trinajstić information content (AvgIpc) is 3.34. The quantitative estimate of drug-likeness (QED) is 0.229. The first kappa shape index (κ1) is 23.3. The second-order valence-electron chi connectivity index (χ2n) is 8.01. The lowest BCUT2D eigenvalue weighted by Gasteiger charge is -2.09. The Morgan fingerprint density at radius 2 is 1.42 bits per heavy atom. The Balaban J connectivity index is 1.22. The molecule has 0 aliphatic rings. The fourth-order valence-electron chi connectivity index (χ4n) is 3.72. The molecule has 178 valence electrons. The highest BCUT2D eigenvalue weighted by atomic mass is 79.9. The van der Waals surface area contributed by atoms with Gasteiger partial charge in [-0.15, -0.1) is 0 Å². The first-order valence-corrected chi connectivity index (χ1v) is 11.9. The van der Waals surface area contributed by atoms with Crippen molar-refractivity contribution in [1.29, 1.82) is 0 Å². The molecular weight excluding hydrogens is 520 g/mol. The number of hydrogen-bond acceptors (Lipinski definition) is 4. The number of aromatic amines is 1. The molecule has 7 nitrogen and oxygen atoms in total. The smallest absolute Gasteiger partial charge is 0.255 e. The van der Waals surface area contributed by atoms with Gasteiger partial charge in [0.2, 0.25) is 0 Å². The van der Waals surface area contributed by atoms with E-state index in [2.05, 4.69) is 36.5 Å². The molecule has 3 N–H and O–H groups in total. The van der Waals surface area contributed by atoms with Gasteiger partial charge in [0, 0.05) is 28.1 Å². The van der Waals surface area contributed by atoms with Crippen LogP contribution in [0.1, 0.15) is 20.7 Å². The maximum Gasteiger partial charge on any atom is 0.255 e. The van der Waals surface area contributed by atoms with Crippen molar-refractivity contribution in [1.82, 2.24) is 9.97 Å². The number of ether oxygens (including phenoxy) is 1. The van der Waals surface area contributed by atoms with Crippen LogP contribution in [0.5, 0.6) is 5.75 Å². The minimum absolute atomic E-state index is 0.247. The third kappa shape index (κ3) is 4.99. The first-order valence-electron chi connectivity index (χ1n) is 11.1. The number of aromatic nitrogens is 2. The van der Waals surface area contributed by atoms with E-state index in [0.717, 1.165) is 22.4 Å². The Hall–Kier alpha value is -4.43. The van der Waals surface area contributed by atoms with E-state index in [-0.39, 0.29) is 11.8 Å². The van der Waals surface area contributed by atoms with Crippen LogP contribution in [0.25, 0.3) is 22.4 Å². The number of rotatable bonds is 6. The molecule has 0 atom stereocenters. The molecule has 0 saturated carbocycles. The summed E-state index contributed by atoms with van der Waals surface area (Å²) in [7, 11) is 1.56. The molecule has 0 aliphatic heterocycles. The van der Waals surface area contributed by atoms with E-state index in [4.69, 9.17) is 4.74 Å². The Morgan fingerprint density at radius 1 is 0.806 bits per heavy atom. The molecule has 0 unspecified atom stereocenters. The number of imidazole rings is 1. The first-order chi connectivity index (χ1) is 17.5. The molecule has 0 saturated heterocycles. The number of fused-ring (bicyclic) bond motifs is 1. The molecule has 0 fully saturated rings. The number of carbonyl (C=O) groups is 2. The van der Waals surface area contributed by atoms with Gasteiger partial charge in [0.05, 0.1) is 22.6 Å². The molecule has 0 aliphatic carbocycles. The van der Waals surface area contributed by atoms with Crippen molar-refractivity contribution in [3.05, 3.63) is 107 Å². The number of halogens is 1. The number of H-pyrrole nitrogens is 1. The average molecular weight is 541 g/mol. The van der Waals surface area contributed by atoms with Gasteiger partial charge in [0.15, 0.2) is 0 Å². The van der Waals surface area contributed by atoms with Crippen LogP contribution >= 0.6 is 15.9 Å². The summed E-state index contributed by atoms with van der Waals surface area (Å²) in [6, 6.07) is 27.1. The molecule has 5 rings (SSSR count). The molecule has 2 amide bonds. The normalized spacial score (nSPS) is 10.7. The topological polar surface area (TPSA) is 96.1 Å². The van der Waals surface area contributed by atoms with Crippen molar-refractivity contribution in [3.63, 3.8) is 0 Å². The predicted octanol–water partition coefficient (Wildman–Crippen LogP) is 6.51. The summed E-state index contributed by atoms with van der Waals surface area (Å²) in [4.78, 5) is 33.2. The number of nitrogens with one attached hydrogen (secondary N) is 3. The van der Waals surface area contributed by atoms with Crippen molar-refractivity contribution in [2.24, 2.45) is 0 Å². The minimum atomic E-state index is -0.264. The van der Waals surface area contributed by atoms with Crippen molar-refractivity contribution in [2.75, 3.05) is 17.7 Å². The van der Waals surface area contributed by atoms with E-state index in [1.165, 1.54) is 0 Å². The monoisotopic (exact) mass is 540 g/mol. The molecule has 0 spiro atoms. The highest BCUT2D eigenvalue weighted by molar-refractivity contribution is 9.10. The van der Waals surface area contributed by atoms with Gasteiger partial charge in [0.25, 0.3) is 11.8 Å². The summed E-state index contributed by atoms with van der Waals surface area (Å²) in [6.07, 6.45) is 0. The third-order valence-electron chi connectivity index (χ3n) is 5.62. The van der Waals surface area contributed by atoms with Crippen molar-refractivity contribution in [3.8, 4) is 17.1 Å². The van der Waals surface area contributed by atoms with Crippen LogP contribution in [0.4, 0.5) is 11.4 Å². The van der Waals surface area contributed by atoms with Gasteiger partial charge in [-0.25, -0.2) is 4.98 Å². The van der Waals surface area contributed by atoms with Crippen LogP contribution in [0.2, 0.25) is 0 Å². The number of anilines is 2. The molecule has 36 heavy (non-hydrogen) atoms. The summed E-state index contributed by atoms with van der Waals surface area (Å²) in [5, 5.41) is 5.72. The van der Waals surface area contributed by atoms with Crippen LogP contribution in [0.15, 0.2) is 95.5 Å². The van der Waals surface area contributed by atoms with Gasteiger partial charge < -0.3 is 20.4 Å². The van der Waals surface area contributed by atoms with Gasteiger partial charge >= 0.3 is 0 Å².